The summed E-state index contributed by atoms with van der Waals surface area (Å²) in [6, 6.07) is 12.4. The van der Waals surface area contributed by atoms with E-state index in [9.17, 15) is 18.5 Å². The Morgan fingerprint density at radius 1 is 1.22 bits per heavy atom. The van der Waals surface area contributed by atoms with Gasteiger partial charge in [-0.05, 0) is 25.1 Å². The van der Waals surface area contributed by atoms with Crippen molar-refractivity contribution in [3.05, 3.63) is 70.5 Å². The third-order valence-electron chi connectivity index (χ3n) is 3.83. The van der Waals surface area contributed by atoms with E-state index >= 15 is 0 Å². The molecule has 2 aromatic carbocycles. The SMILES string of the molecule is CC(Nc1ccc([N+](=O)[O-])cc1S(N)(=O)=O)c1cn(-c2ccccc2)nn1. The fourth-order valence-corrected chi connectivity index (χ4v) is 3.19. The van der Waals surface area contributed by atoms with Crippen LogP contribution in [0.2, 0.25) is 0 Å². The lowest BCUT2D eigenvalue weighted by atomic mass is 10.2. The highest BCUT2D eigenvalue weighted by Crippen LogP contribution is 2.28. The van der Waals surface area contributed by atoms with Crippen LogP contribution in [0.1, 0.15) is 18.7 Å². The van der Waals surface area contributed by atoms with E-state index in [1.165, 1.54) is 12.1 Å². The van der Waals surface area contributed by atoms with E-state index in [4.69, 9.17) is 5.14 Å². The highest BCUT2D eigenvalue weighted by Gasteiger charge is 2.21. The lowest BCUT2D eigenvalue weighted by Crippen LogP contribution is -2.17. The third-order valence-corrected chi connectivity index (χ3v) is 4.78. The molecule has 0 saturated heterocycles. The zero-order valence-electron chi connectivity index (χ0n) is 14.2. The molecule has 0 aliphatic heterocycles. The van der Waals surface area contributed by atoms with E-state index in [0.717, 1.165) is 11.8 Å². The molecule has 27 heavy (non-hydrogen) atoms. The first-order chi connectivity index (χ1) is 12.8. The summed E-state index contributed by atoms with van der Waals surface area (Å²) in [5.41, 5.74) is 1.15. The van der Waals surface area contributed by atoms with Crippen LogP contribution in [0.15, 0.2) is 59.6 Å². The summed E-state index contributed by atoms with van der Waals surface area (Å²) in [5.74, 6) is 0. The van der Waals surface area contributed by atoms with Crippen molar-refractivity contribution in [1.82, 2.24) is 15.0 Å². The van der Waals surface area contributed by atoms with Gasteiger partial charge in [0.25, 0.3) is 5.69 Å². The minimum absolute atomic E-state index is 0.143. The van der Waals surface area contributed by atoms with E-state index in [0.29, 0.717) is 5.69 Å². The second-order valence-corrected chi connectivity index (χ2v) is 7.30. The summed E-state index contributed by atoms with van der Waals surface area (Å²) >= 11 is 0. The second kappa shape index (κ2) is 7.13. The summed E-state index contributed by atoms with van der Waals surface area (Å²) in [6.45, 7) is 1.76. The first kappa shape index (κ1) is 18.5. The molecule has 0 aliphatic carbocycles. The van der Waals surface area contributed by atoms with Crippen LogP contribution in [0, 0.1) is 10.1 Å². The zero-order chi connectivity index (χ0) is 19.6. The molecule has 3 N–H and O–H groups in total. The van der Waals surface area contributed by atoms with Crippen molar-refractivity contribution >= 4 is 21.4 Å². The molecule has 11 heteroatoms. The summed E-state index contributed by atoms with van der Waals surface area (Å²) in [4.78, 5) is 9.85. The number of nitrogens with one attached hydrogen (secondary N) is 1. The number of primary sulfonamides is 1. The van der Waals surface area contributed by atoms with E-state index in [1.54, 1.807) is 17.8 Å². The Morgan fingerprint density at radius 3 is 2.56 bits per heavy atom. The predicted molar refractivity (Wildman–Crippen MR) is 97.9 cm³/mol. The average molecular weight is 388 g/mol. The van der Waals surface area contributed by atoms with E-state index in [-0.39, 0.29) is 16.3 Å². The Hall–Kier alpha value is -3.31. The van der Waals surface area contributed by atoms with Crippen LogP contribution in [0.25, 0.3) is 5.69 Å². The molecule has 1 aromatic heterocycles. The summed E-state index contributed by atoms with van der Waals surface area (Å²) < 4.78 is 25.2. The number of nitro benzene ring substituents is 1. The zero-order valence-corrected chi connectivity index (χ0v) is 15.0. The largest absolute Gasteiger partial charge is 0.376 e. The smallest absolute Gasteiger partial charge is 0.270 e. The monoisotopic (exact) mass is 388 g/mol. The molecular formula is C16H16N6O4S. The number of non-ortho nitro benzene ring substituents is 1. The van der Waals surface area contributed by atoms with Gasteiger partial charge in [0.2, 0.25) is 10.0 Å². The van der Waals surface area contributed by atoms with Gasteiger partial charge >= 0.3 is 0 Å². The van der Waals surface area contributed by atoms with Crippen LogP contribution in [0.5, 0.6) is 0 Å². The maximum atomic E-state index is 11.8. The van der Waals surface area contributed by atoms with Crippen molar-refractivity contribution in [2.24, 2.45) is 5.14 Å². The third kappa shape index (κ3) is 4.10. The van der Waals surface area contributed by atoms with Gasteiger partial charge in [-0.25, -0.2) is 18.2 Å². The molecule has 0 saturated carbocycles. The van der Waals surface area contributed by atoms with Crippen LogP contribution in [0.4, 0.5) is 11.4 Å². The molecule has 0 amide bonds. The Kier molecular flexibility index (Phi) is 4.88. The van der Waals surface area contributed by atoms with Crippen molar-refractivity contribution < 1.29 is 13.3 Å². The van der Waals surface area contributed by atoms with E-state index < -0.39 is 21.0 Å². The van der Waals surface area contributed by atoms with Gasteiger partial charge in [0.15, 0.2) is 0 Å². The number of nitrogens with zero attached hydrogens (tertiary/aromatic N) is 4. The highest BCUT2D eigenvalue weighted by atomic mass is 32.2. The number of sulfonamides is 1. The quantitative estimate of drug-likeness (QED) is 0.485. The topological polar surface area (TPSA) is 146 Å². The van der Waals surface area contributed by atoms with Gasteiger partial charge in [0, 0.05) is 12.1 Å². The number of aromatic nitrogens is 3. The van der Waals surface area contributed by atoms with Crippen molar-refractivity contribution in [2.75, 3.05) is 5.32 Å². The van der Waals surface area contributed by atoms with Gasteiger partial charge in [-0.2, -0.15) is 0 Å². The van der Waals surface area contributed by atoms with Gasteiger partial charge in [0.1, 0.15) is 10.6 Å². The van der Waals surface area contributed by atoms with Crippen molar-refractivity contribution in [3.63, 3.8) is 0 Å². The molecule has 140 valence electrons. The van der Waals surface area contributed by atoms with Crippen molar-refractivity contribution in [3.8, 4) is 5.69 Å². The Bertz CT molecular complexity index is 1080. The number of anilines is 1. The molecule has 0 radical (unpaired) electrons. The maximum Gasteiger partial charge on any atom is 0.270 e. The van der Waals surface area contributed by atoms with E-state index in [2.05, 4.69) is 15.6 Å². The first-order valence-electron chi connectivity index (χ1n) is 7.81. The lowest BCUT2D eigenvalue weighted by molar-refractivity contribution is -0.385. The van der Waals surface area contributed by atoms with Crippen LogP contribution in [-0.4, -0.2) is 28.3 Å². The molecule has 0 aliphatic rings. The number of benzene rings is 2. The summed E-state index contributed by atoms with van der Waals surface area (Å²) in [7, 11) is -4.16. The second-order valence-electron chi connectivity index (χ2n) is 5.77. The number of hydrogen-bond donors (Lipinski definition) is 2. The molecule has 1 heterocycles. The number of hydrogen-bond acceptors (Lipinski definition) is 7. The molecule has 3 aromatic rings. The lowest BCUT2D eigenvalue weighted by Gasteiger charge is -2.15. The summed E-state index contributed by atoms with van der Waals surface area (Å²) in [6.07, 6.45) is 1.70. The average Bonchev–Trinajstić information content (AvgIpc) is 3.12. The number of nitro groups is 1. The first-order valence-corrected chi connectivity index (χ1v) is 9.36. The molecule has 0 bridgehead atoms. The van der Waals surface area contributed by atoms with Crippen LogP contribution in [-0.2, 0) is 10.0 Å². The standard InChI is InChI=1S/C16H16N6O4S/c1-11(15-10-21(20-19-15)12-5-3-2-4-6-12)18-14-8-7-13(22(23)24)9-16(14)27(17,25)26/h2-11,18H,1H3,(H2,17,25,26). The van der Waals surface area contributed by atoms with Crippen LogP contribution >= 0.6 is 0 Å². The highest BCUT2D eigenvalue weighted by molar-refractivity contribution is 7.89. The molecule has 1 atom stereocenters. The molecular weight excluding hydrogens is 372 g/mol. The Labute approximate surface area is 154 Å². The molecule has 3 rings (SSSR count). The number of rotatable bonds is 6. The van der Waals surface area contributed by atoms with E-state index in [1.807, 2.05) is 30.3 Å². The van der Waals surface area contributed by atoms with Gasteiger partial charge in [-0.3, -0.25) is 10.1 Å². The normalized spacial score (nSPS) is 12.5. The molecule has 1 unspecified atom stereocenters. The predicted octanol–water partition coefficient (Wildman–Crippen LogP) is 2.00. The van der Waals surface area contributed by atoms with Crippen LogP contribution < -0.4 is 10.5 Å². The fraction of sp³-hybridized carbons (Fsp3) is 0.125. The van der Waals surface area contributed by atoms with Gasteiger partial charge in [-0.1, -0.05) is 23.4 Å². The minimum atomic E-state index is -4.16. The summed E-state index contributed by atoms with van der Waals surface area (Å²) in [5, 5.41) is 27.2. The Morgan fingerprint density at radius 2 is 1.93 bits per heavy atom. The molecule has 10 nitrogen and oxygen atoms in total. The van der Waals surface area contributed by atoms with Crippen molar-refractivity contribution in [1.29, 1.82) is 0 Å². The van der Waals surface area contributed by atoms with Gasteiger partial charge in [0.05, 0.1) is 28.5 Å². The number of nitrogens with two attached hydrogens (primary N) is 1. The van der Waals surface area contributed by atoms with Crippen molar-refractivity contribution in [2.45, 2.75) is 17.9 Å². The fourth-order valence-electron chi connectivity index (χ4n) is 2.47. The maximum absolute atomic E-state index is 11.8. The minimum Gasteiger partial charge on any atom is -0.376 e. The molecule has 0 fully saturated rings. The Balaban J connectivity index is 1.89. The van der Waals surface area contributed by atoms with Gasteiger partial charge in [-0.15, -0.1) is 5.10 Å². The van der Waals surface area contributed by atoms with Crippen LogP contribution in [0.3, 0.4) is 0 Å². The number of para-hydroxylation sites is 1. The molecule has 0 spiro atoms. The van der Waals surface area contributed by atoms with Gasteiger partial charge < -0.3 is 5.32 Å².